The molecule has 1 aromatic heterocycles. The fourth-order valence-corrected chi connectivity index (χ4v) is 1.89. The molecule has 0 saturated carbocycles. The average molecular weight is 259 g/mol. The first kappa shape index (κ1) is 13.3. The third-order valence-electron chi connectivity index (χ3n) is 2.12. The van der Waals surface area contributed by atoms with Crippen LogP contribution in [0, 0.1) is 0 Å². The maximum absolute atomic E-state index is 11.7. The van der Waals surface area contributed by atoms with Crippen LogP contribution in [0.4, 0.5) is 0 Å². The first-order valence-electron chi connectivity index (χ1n) is 5.05. The molecule has 0 aliphatic rings. The van der Waals surface area contributed by atoms with E-state index in [0.29, 0.717) is 10.7 Å². The molecule has 1 amide bonds. The summed E-state index contributed by atoms with van der Waals surface area (Å²) in [6.07, 6.45) is 4.50. The van der Waals surface area contributed by atoms with Gasteiger partial charge in [0.25, 0.3) is 5.91 Å². The van der Waals surface area contributed by atoms with Crippen LogP contribution >= 0.6 is 23.4 Å². The van der Waals surface area contributed by atoms with Crippen molar-refractivity contribution in [3.8, 4) is 0 Å². The summed E-state index contributed by atoms with van der Waals surface area (Å²) < 4.78 is 0. The molecule has 0 fully saturated rings. The third kappa shape index (κ3) is 4.41. The summed E-state index contributed by atoms with van der Waals surface area (Å²) in [6.45, 7) is 2.00. The largest absolute Gasteiger partial charge is 0.350 e. The molecule has 1 aromatic rings. The fourth-order valence-electron chi connectivity index (χ4n) is 1.18. The number of carbonyl (C=O) groups excluding carboxylic acids is 1. The summed E-state index contributed by atoms with van der Waals surface area (Å²) in [5.41, 5.74) is 0.542. The van der Waals surface area contributed by atoms with Gasteiger partial charge in [-0.1, -0.05) is 11.6 Å². The van der Waals surface area contributed by atoms with Gasteiger partial charge in [-0.2, -0.15) is 11.8 Å². The zero-order valence-electron chi connectivity index (χ0n) is 9.37. The molecular formula is C11H15ClN2OS. The Hall–Kier alpha value is -0.740. The minimum atomic E-state index is -0.0993. The number of carbonyl (C=O) groups is 1. The van der Waals surface area contributed by atoms with Crippen LogP contribution in [0.25, 0.3) is 0 Å². The molecule has 1 N–H and O–H groups in total. The number of halogens is 1. The monoisotopic (exact) mass is 258 g/mol. The van der Waals surface area contributed by atoms with Crippen LogP contribution in [0.1, 0.15) is 23.7 Å². The Kier molecular flexibility index (Phi) is 5.63. The number of hydrogen-bond acceptors (Lipinski definition) is 3. The summed E-state index contributed by atoms with van der Waals surface area (Å²) in [5.74, 6) is 0.943. The van der Waals surface area contributed by atoms with Crippen molar-refractivity contribution in [1.82, 2.24) is 10.3 Å². The highest BCUT2D eigenvalue weighted by atomic mass is 35.5. The van der Waals surface area contributed by atoms with E-state index >= 15 is 0 Å². The Bertz CT molecular complexity index is 342. The number of rotatable bonds is 5. The van der Waals surface area contributed by atoms with Crippen molar-refractivity contribution in [2.45, 2.75) is 19.4 Å². The van der Waals surface area contributed by atoms with Crippen molar-refractivity contribution in [1.29, 1.82) is 0 Å². The number of thioether (sulfide) groups is 1. The lowest BCUT2D eigenvalue weighted by atomic mass is 10.2. The van der Waals surface area contributed by atoms with Gasteiger partial charge >= 0.3 is 0 Å². The van der Waals surface area contributed by atoms with E-state index in [1.54, 1.807) is 23.9 Å². The number of amides is 1. The molecule has 88 valence electrons. The van der Waals surface area contributed by atoms with E-state index in [1.165, 1.54) is 6.20 Å². The number of hydrogen-bond donors (Lipinski definition) is 1. The molecule has 0 aliphatic heterocycles. The number of nitrogens with zero attached hydrogens (tertiary/aromatic N) is 1. The fraction of sp³-hybridized carbons (Fsp3) is 0.455. The molecule has 0 radical (unpaired) electrons. The summed E-state index contributed by atoms with van der Waals surface area (Å²) in [6, 6.07) is 3.46. The second-order valence-corrected chi connectivity index (χ2v) is 4.90. The van der Waals surface area contributed by atoms with Gasteiger partial charge < -0.3 is 5.32 Å². The van der Waals surface area contributed by atoms with Gasteiger partial charge in [-0.15, -0.1) is 0 Å². The number of nitrogens with one attached hydrogen (secondary N) is 1. The van der Waals surface area contributed by atoms with Crippen LogP contribution in [0.3, 0.4) is 0 Å². The van der Waals surface area contributed by atoms with E-state index in [9.17, 15) is 4.79 Å². The highest BCUT2D eigenvalue weighted by molar-refractivity contribution is 7.98. The van der Waals surface area contributed by atoms with E-state index < -0.39 is 0 Å². The zero-order chi connectivity index (χ0) is 12.0. The first-order valence-corrected chi connectivity index (χ1v) is 6.82. The lowest BCUT2D eigenvalue weighted by Crippen LogP contribution is -2.32. The molecule has 16 heavy (non-hydrogen) atoms. The molecule has 0 aromatic carbocycles. The van der Waals surface area contributed by atoms with Crippen LogP contribution < -0.4 is 5.32 Å². The van der Waals surface area contributed by atoms with Gasteiger partial charge in [0, 0.05) is 12.2 Å². The van der Waals surface area contributed by atoms with Crippen molar-refractivity contribution < 1.29 is 4.79 Å². The summed E-state index contributed by atoms with van der Waals surface area (Å²) in [7, 11) is 0. The molecule has 1 heterocycles. The van der Waals surface area contributed by atoms with Gasteiger partial charge in [-0.3, -0.25) is 4.79 Å². The molecule has 0 aliphatic carbocycles. The number of pyridine rings is 1. The number of aromatic nitrogens is 1. The van der Waals surface area contributed by atoms with E-state index in [0.717, 1.165) is 12.2 Å². The van der Waals surface area contributed by atoms with E-state index in [-0.39, 0.29) is 11.9 Å². The highest BCUT2D eigenvalue weighted by Gasteiger charge is 2.09. The molecule has 1 atom stereocenters. The van der Waals surface area contributed by atoms with Gasteiger partial charge in [-0.05, 0) is 37.5 Å². The standard InChI is InChI=1S/C11H15ClN2OS/c1-8(5-6-16-2)14-11(15)9-3-4-10(12)13-7-9/h3-4,7-8H,5-6H2,1-2H3,(H,14,15). The SMILES string of the molecule is CSCCC(C)NC(=O)c1ccc(Cl)nc1. The third-order valence-corrected chi connectivity index (χ3v) is 2.99. The maximum Gasteiger partial charge on any atom is 0.253 e. The Morgan fingerprint density at radius 1 is 1.62 bits per heavy atom. The minimum Gasteiger partial charge on any atom is -0.350 e. The van der Waals surface area contributed by atoms with Gasteiger partial charge in [0.1, 0.15) is 5.15 Å². The Morgan fingerprint density at radius 2 is 2.38 bits per heavy atom. The smallest absolute Gasteiger partial charge is 0.253 e. The lowest BCUT2D eigenvalue weighted by molar-refractivity contribution is 0.0939. The van der Waals surface area contributed by atoms with Gasteiger partial charge in [0.05, 0.1) is 5.56 Å². The topological polar surface area (TPSA) is 42.0 Å². The van der Waals surface area contributed by atoms with E-state index in [4.69, 9.17) is 11.6 Å². The normalized spacial score (nSPS) is 12.2. The summed E-state index contributed by atoms with van der Waals surface area (Å²) in [5, 5.41) is 3.31. The van der Waals surface area contributed by atoms with E-state index in [1.807, 2.05) is 6.92 Å². The summed E-state index contributed by atoms with van der Waals surface area (Å²) in [4.78, 5) is 15.6. The first-order chi connectivity index (χ1) is 7.63. The van der Waals surface area contributed by atoms with Crippen molar-refractivity contribution in [2.24, 2.45) is 0 Å². The van der Waals surface area contributed by atoms with Crippen LogP contribution in [0.2, 0.25) is 5.15 Å². The van der Waals surface area contributed by atoms with Crippen molar-refractivity contribution in [3.05, 3.63) is 29.0 Å². The molecule has 1 unspecified atom stereocenters. The van der Waals surface area contributed by atoms with Crippen LogP contribution in [-0.4, -0.2) is 28.9 Å². The second-order valence-electron chi connectivity index (χ2n) is 3.53. The summed E-state index contributed by atoms with van der Waals surface area (Å²) >= 11 is 7.42. The predicted octanol–water partition coefficient (Wildman–Crippen LogP) is 2.61. The van der Waals surface area contributed by atoms with Crippen LogP contribution in [-0.2, 0) is 0 Å². The maximum atomic E-state index is 11.7. The lowest BCUT2D eigenvalue weighted by Gasteiger charge is -2.12. The molecule has 0 saturated heterocycles. The van der Waals surface area contributed by atoms with E-state index in [2.05, 4.69) is 16.6 Å². The molecular weight excluding hydrogens is 244 g/mol. The van der Waals surface area contributed by atoms with Gasteiger partial charge in [-0.25, -0.2) is 4.98 Å². The van der Waals surface area contributed by atoms with Gasteiger partial charge in [0.15, 0.2) is 0 Å². The molecule has 1 rings (SSSR count). The van der Waals surface area contributed by atoms with Crippen molar-refractivity contribution >= 4 is 29.3 Å². The van der Waals surface area contributed by atoms with Gasteiger partial charge in [0.2, 0.25) is 0 Å². The zero-order valence-corrected chi connectivity index (χ0v) is 10.9. The quantitative estimate of drug-likeness (QED) is 0.826. The Morgan fingerprint density at radius 3 is 2.94 bits per heavy atom. The van der Waals surface area contributed by atoms with Crippen LogP contribution in [0.5, 0.6) is 0 Å². The van der Waals surface area contributed by atoms with Crippen molar-refractivity contribution in [2.75, 3.05) is 12.0 Å². The minimum absolute atomic E-state index is 0.0993. The van der Waals surface area contributed by atoms with Crippen molar-refractivity contribution in [3.63, 3.8) is 0 Å². The molecule has 3 nitrogen and oxygen atoms in total. The van der Waals surface area contributed by atoms with Crippen LogP contribution in [0.15, 0.2) is 18.3 Å². The predicted molar refractivity (Wildman–Crippen MR) is 69.2 cm³/mol. The highest BCUT2D eigenvalue weighted by Crippen LogP contribution is 2.06. The second kappa shape index (κ2) is 6.76. The Labute approximate surface area is 105 Å². The molecule has 0 bridgehead atoms. The molecule has 5 heteroatoms. The average Bonchev–Trinajstić information content (AvgIpc) is 2.27. The Balaban J connectivity index is 2.48. The molecule has 0 spiro atoms.